The van der Waals surface area contributed by atoms with Gasteiger partial charge in [0, 0.05) is 6.42 Å². The van der Waals surface area contributed by atoms with Crippen LogP contribution in [0.4, 0.5) is 0 Å². The average molecular weight is 250 g/mol. The molecule has 1 N–H and O–H groups in total. The number of hydrogen-bond acceptors (Lipinski definition) is 3. The lowest BCUT2D eigenvalue weighted by Gasteiger charge is -2.14. The molecule has 1 saturated carbocycles. The van der Waals surface area contributed by atoms with Gasteiger partial charge in [0.2, 0.25) is 0 Å². The Morgan fingerprint density at radius 3 is 2.56 bits per heavy atom. The van der Waals surface area contributed by atoms with E-state index in [0.717, 1.165) is 30.8 Å². The summed E-state index contributed by atoms with van der Waals surface area (Å²) >= 11 is 0. The van der Waals surface area contributed by atoms with E-state index in [0.29, 0.717) is 0 Å². The first-order chi connectivity index (χ1) is 8.67. The van der Waals surface area contributed by atoms with Crippen molar-refractivity contribution in [3.8, 4) is 11.5 Å². The van der Waals surface area contributed by atoms with E-state index in [1.807, 2.05) is 24.3 Å². The van der Waals surface area contributed by atoms with Crippen molar-refractivity contribution in [1.82, 2.24) is 0 Å². The van der Waals surface area contributed by atoms with Gasteiger partial charge in [-0.1, -0.05) is 0 Å². The van der Waals surface area contributed by atoms with Crippen LogP contribution in [-0.4, -0.2) is 24.3 Å². The molecule has 4 heteroatoms. The van der Waals surface area contributed by atoms with E-state index in [1.165, 1.54) is 0 Å². The summed E-state index contributed by atoms with van der Waals surface area (Å²) in [7, 11) is 1.63. The fourth-order valence-electron chi connectivity index (χ4n) is 2.42. The fraction of sp³-hybridized carbons (Fsp3) is 0.500. The Labute approximate surface area is 107 Å². The van der Waals surface area contributed by atoms with E-state index >= 15 is 0 Å². The van der Waals surface area contributed by atoms with Crippen LogP contribution in [-0.2, 0) is 4.79 Å². The Morgan fingerprint density at radius 2 is 1.94 bits per heavy atom. The number of carboxylic acids is 1. The zero-order chi connectivity index (χ0) is 13.0. The van der Waals surface area contributed by atoms with Crippen molar-refractivity contribution in [2.75, 3.05) is 7.11 Å². The largest absolute Gasteiger partial charge is 0.497 e. The van der Waals surface area contributed by atoms with Crippen molar-refractivity contribution in [3.05, 3.63) is 24.3 Å². The van der Waals surface area contributed by atoms with E-state index in [4.69, 9.17) is 14.6 Å². The number of ether oxygens (including phenoxy) is 2. The lowest BCUT2D eigenvalue weighted by Crippen LogP contribution is -2.13. The minimum Gasteiger partial charge on any atom is -0.497 e. The van der Waals surface area contributed by atoms with Gasteiger partial charge in [-0.05, 0) is 49.4 Å². The van der Waals surface area contributed by atoms with E-state index < -0.39 is 5.97 Å². The maximum absolute atomic E-state index is 10.6. The second-order valence-electron chi connectivity index (χ2n) is 4.69. The summed E-state index contributed by atoms with van der Waals surface area (Å²) in [5, 5.41) is 8.75. The fourth-order valence-corrected chi connectivity index (χ4v) is 2.42. The lowest BCUT2D eigenvalue weighted by atomic mass is 10.0. The smallest absolute Gasteiger partial charge is 0.303 e. The SMILES string of the molecule is COc1ccc(OC2CCC(CC(=O)O)C2)cc1. The highest BCUT2D eigenvalue weighted by Gasteiger charge is 2.27. The van der Waals surface area contributed by atoms with Crippen LogP contribution in [0.25, 0.3) is 0 Å². The molecule has 0 bridgehead atoms. The predicted octanol–water partition coefficient (Wildman–Crippen LogP) is 2.72. The molecular weight excluding hydrogens is 232 g/mol. The maximum Gasteiger partial charge on any atom is 0.303 e. The van der Waals surface area contributed by atoms with Crippen LogP contribution in [0.1, 0.15) is 25.7 Å². The third-order valence-electron chi connectivity index (χ3n) is 3.32. The molecule has 1 aliphatic rings. The van der Waals surface area contributed by atoms with Gasteiger partial charge in [0.15, 0.2) is 0 Å². The molecule has 1 aliphatic carbocycles. The lowest BCUT2D eigenvalue weighted by molar-refractivity contribution is -0.138. The van der Waals surface area contributed by atoms with Gasteiger partial charge in [0.25, 0.3) is 0 Å². The van der Waals surface area contributed by atoms with Crippen molar-refractivity contribution in [1.29, 1.82) is 0 Å². The van der Waals surface area contributed by atoms with Crippen molar-refractivity contribution >= 4 is 5.97 Å². The third kappa shape index (κ3) is 3.39. The molecule has 2 rings (SSSR count). The molecule has 18 heavy (non-hydrogen) atoms. The first-order valence-electron chi connectivity index (χ1n) is 6.20. The Morgan fingerprint density at radius 1 is 1.28 bits per heavy atom. The van der Waals surface area contributed by atoms with Crippen LogP contribution in [0.2, 0.25) is 0 Å². The van der Waals surface area contributed by atoms with Gasteiger partial charge in [-0.2, -0.15) is 0 Å². The maximum atomic E-state index is 10.6. The summed E-state index contributed by atoms with van der Waals surface area (Å²) in [6.07, 6.45) is 3.10. The second kappa shape index (κ2) is 5.76. The Bertz CT molecular complexity index is 399. The number of carbonyl (C=O) groups is 1. The number of carboxylic acid groups (broad SMARTS) is 1. The highest BCUT2D eigenvalue weighted by atomic mass is 16.5. The first-order valence-corrected chi connectivity index (χ1v) is 6.20. The highest BCUT2D eigenvalue weighted by molar-refractivity contribution is 5.67. The Hall–Kier alpha value is -1.71. The zero-order valence-corrected chi connectivity index (χ0v) is 10.5. The summed E-state index contributed by atoms with van der Waals surface area (Å²) in [4.78, 5) is 10.6. The number of aliphatic carboxylic acids is 1. The van der Waals surface area contributed by atoms with Gasteiger partial charge in [0.05, 0.1) is 13.2 Å². The van der Waals surface area contributed by atoms with Crippen LogP contribution < -0.4 is 9.47 Å². The molecule has 0 heterocycles. The van der Waals surface area contributed by atoms with Crippen LogP contribution in [0, 0.1) is 5.92 Å². The molecule has 0 aromatic heterocycles. The molecule has 0 spiro atoms. The average Bonchev–Trinajstić information content (AvgIpc) is 2.76. The summed E-state index contributed by atoms with van der Waals surface area (Å²) in [6, 6.07) is 7.48. The summed E-state index contributed by atoms with van der Waals surface area (Å²) < 4.78 is 10.9. The van der Waals surface area contributed by atoms with Gasteiger partial charge in [-0.3, -0.25) is 4.79 Å². The summed E-state index contributed by atoms with van der Waals surface area (Å²) in [5.74, 6) is 1.16. The molecule has 2 unspecified atom stereocenters. The van der Waals surface area contributed by atoms with E-state index in [9.17, 15) is 4.79 Å². The van der Waals surface area contributed by atoms with Crippen molar-refractivity contribution in [2.24, 2.45) is 5.92 Å². The summed E-state index contributed by atoms with van der Waals surface area (Å²) in [5.41, 5.74) is 0. The van der Waals surface area contributed by atoms with Crippen LogP contribution in [0.5, 0.6) is 11.5 Å². The molecule has 0 saturated heterocycles. The molecule has 98 valence electrons. The number of methoxy groups -OCH3 is 1. The second-order valence-corrected chi connectivity index (χ2v) is 4.69. The topological polar surface area (TPSA) is 55.8 Å². The van der Waals surface area contributed by atoms with Gasteiger partial charge < -0.3 is 14.6 Å². The normalized spacial score (nSPS) is 22.7. The van der Waals surface area contributed by atoms with Gasteiger partial charge in [-0.25, -0.2) is 0 Å². The molecule has 0 amide bonds. The molecule has 2 atom stereocenters. The van der Waals surface area contributed by atoms with Crippen molar-refractivity contribution < 1.29 is 19.4 Å². The van der Waals surface area contributed by atoms with Crippen molar-refractivity contribution in [2.45, 2.75) is 31.8 Å². The number of benzene rings is 1. The van der Waals surface area contributed by atoms with E-state index in [1.54, 1.807) is 7.11 Å². The molecule has 1 fully saturated rings. The highest BCUT2D eigenvalue weighted by Crippen LogP contribution is 2.31. The van der Waals surface area contributed by atoms with E-state index in [2.05, 4.69) is 0 Å². The number of hydrogen-bond donors (Lipinski definition) is 1. The first kappa shape index (κ1) is 12.7. The van der Waals surface area contributed by atoms with Gasteiger partial charge >= 0.3 is 5.97 Å². The third-order valence-corrected chi connectivity index (χ3v) is 3.32. The monoisotopic (exact) mass is 250 g/mol. The Balaban J connectivity index is 1.85. The van der Waals surface area contributed by atoms with Gasteiger partial charge in [-0.15, -0.1) is 0 Å². The minimum absolute atomic E-state index is 0.141. The van der Waals surface area contributed by atoms with Gasteiger partial charge in [0.1, 0.15) is 11.5 Å². The quantitative estimate of drug-likeness (QED) is 0.873. The minimum atomic E-state index is -0.718. The van der Waals surface area contributed by atoms with Crippen LogP contribution >= 0.6 is 0 Å². The standard InChI is InChI=1S/C14H18O4/c1-17-11-4-6-12(7-5-11)18-13-3-2-10(8-13)9-14(15)16/h4-7,10,13H,2-3,8-9H2,1H3,(H,15,16). The van der Waals surface area contributed by atoms with Crippen LogP contribution in [0.15, 0.2) is 24.3 Å². The van der Waals surface area contributed by atoms with Crippen molar-refractivity contribution in [3.63, 3.8) is 0 Å². The molecular formula is C14H18O4. The zero-order valence-electron chi connectivity index (χ0n) is 10.5. The van der Waals surface area contributed by atoms with E-state index in [-0.39, 0.29) is 18.4 Å². The molecule has 4 nitrogen and oxygen atoms in total. The molecule has 1 aromatic rings. The molecule has 1 aromatic carbocycles. The van der Waals surface area contributed by atoms with Crippen LogP contribution in [0.3, 0.4) is 0 Å². The number of rotatable bonds is 5. The summed E-state index contributed by atoms with van der Waals surface area (Å²) in [6.45, 7) is 0. The molecule has 0 radical (unpaired) electrons. The predicted molar refractivity (Wildman–Crippen MR) is 67.0 cm³/mol. The molecule has 0 aliphatic heterocycles. The Kier molecular flexibility index (Phi) is 4.07.